The molecule has 0 aromatic carbocycles. The molecule has 7 heteroatoms. The van der Waals surface area contributed by atoms with Crippen molar-refractivity contribution in [2.45, 2.75) is 0 Å². The van der Waals surface area contributed by atoms with Gasteiger partial charge >= 0.3 is 0 Å². The molecule has 0 spiro atoms. The molecular weight excluding hydrogens is 158 g/mol. The number of hydrogen-bond donors (Lipinski definition) is 2. The molecule has 0 radical (unpaired) electrons. The van der Waals surface area contributed by atoms with E-state index < -0.39 is 0 Å². The molecule has 2 aromatic rings. The first-order valence-corrected chi connectivity index (χ1v) is 3.30. The Labute approximate surface area is 67.6 Å². The quantitative estimate of drug-likeness (QED) is 0.575. The summed E-state index contributed by atoms with van der Waals surface area (Å²) in [4.78, 5) is 3.96. The van der Waals surface area contributed by atoms with Crippen LogP contribution < -0.4 is 5.73 Å². The molecular formula is C5H7N7. The van der Waals surface area contributed by atoms with Crippen LogP contribution >= 0.6 is 0 Å². The number of H-pyrrole nitrogens is 1. The zero-order chi connectivity index (χ0) is 8.55. The highest BCUT2D eigenvalue weighted by atomic mass is 15.4. The van der Waals surface area contributed by atoms with E-state index in [0.717, 1.165) is 0 Å². The maximum atomic E-state index is 5.48. The number of anilines is 1. The molecule has 2 rings (SSSR count). The van der Waals surface area contributed by atoms with Crippen LogP contribution in [0.15, 0.2) is 6.20 Å². The van der Waals surface area contributed by atoms with Crippen molar-refractivity contribution in [3.63, 3.8) is 0 Å². The van der Waals surface area contributed by atoms with Gasteiger partial charge in [0.25, 0.3) is 0 Å². The Morgan fingerprint density at radius 2 is 2.42 bits per heavy atom. The molecule has 0 aliphatic heterocycles. The maximum Gasteiger partial charge on any atom is 0.218 e. The van der Waals surface area contributed by atoms with Crippen molar-refractivity contribution in [1.82, 2.24) is 30.2 Å². The molecule has 7 nitrogen and oxygen atoms in total. The van der Waals surface area contributed by atoms with E-state index in [1.54, 1.807) is 7.05 Å². The van der Waals surface area contributed by atoms with E-state index in [2.05, 4.69) is 25.5 Å². The molecule has 62 valence electrons. The molecule has 0 saturated carbocycles. The standard InChI is InChI=1S/C5H7N7/c1-12-5(6)8-4(10-12)3-2-7-11-9-3/h2H,1H3,(H2,6,8,10)(H,7,9,11). The van der Waals surface area contributed by atoms with Gasteiger partial charge in [-0.3, -0.25) is 0 Å². The van der Waals surface area contributed by atoms with Crippen LogP contribution in [0.1, 0.15) is 0 Å². The smallest absolute Gasteiger partial charge is 0.218 e. The van der Waals surface area contributed by atoms with Crippen LogP contribution in [-0.2, 0) is 7.05 Å². The molecule has 2 heterocycles. The van der Waals surface area contributed by atoms with Crippen LogP contribution in [0.4, 0.5) is 5.95 Å². The Hall–Kier alpha value is -1.92. The van der Waals surface area contributed by atoms with E-state index in [0.29, 0.717) is 17.5 Å². The van der Waals surface area contributed by atoms with Crippen molar-refractivity contribution in [1.29, 1.82) is 0 Å². The summed E-state index contributed by atoms with van der Waals surface area (Å²) in [5.41, 5.74) is 6.06. The summed E-state index contributed by atoms with van der Waals surface area (Å²) in [6.07, 6.45) is 1.54. The molecule has 0 amide bonds. The first-order valence-electron chi connectivity index (χ1n) is 3.30. The third-order valence-electron chi connectivity index (χ3n) is 1.44. The summed E-state index contributed by atoms with van der Waals surface area (Å²) in [6, 6.07) is 0. The van der Waals surface area contributed by atoms with Gasteiger partial charge in [-0.1, -0.05) is 0 Å². The highest BCUT2D eigenvalue weighted by molar-refractivity contribution is 5.47. The molecule has 0 aliphatic rings. The second-order valence-corrected chi connectivity index (χ2v) is 2.27. The number of nitrogens with two attached hydrogens (primary N) is 1. The summed E-state index contributed by atoms with van der Waals surface area (Å²) in [6.45, 7) is 0. The summed E-state index contributed by atoms with van der Waals surface area (Å²) in [5, 5.41) is 13.9. The van der Waals surface area contributed by atoms with Crippen LogP contribution in [0, 0.1) is 0 Å². The lowest BCUT2D eigenvalue weighted by molar-refractivity contribution is 0.779. The number of aromatic amines is 1. The fraction of sp³-hybridized carbons (Fsp3) is 0.200. The minimum absolute atomic E-state index is 0.355. The van der Waals surface area contributed by atoms with Gasteiger partial charge in [0.15, 0.2) is 5.69 Å². The van der Waals surface area contributed by atoms with Gasteiger partial charge in [-0.2, -0.15) is 20.4 Å². The number of nitrogens with one attached hydrogen (secondary N) is 1. The predicted octanol–water partition coefficient (Wildman–Crippen LogP) is -0.818. The highest BCUT2D eigenvalue weighted by Crippen LogP contribution is 2.10. The third-order valence-corrected chi connectivity index (χ3v) is 1.44. The van der Waals surface area contributed by atoms with E-state index in [9.17, 15) is 0 Å². The van der Waals surface area contributed by atoms with Gasteiger partial charge in [-0.25, -0.2) is 4.68 Å². The SMILES string of the molecule is Cn1nc(-c2cn[nH]n2)nc1N. The van der Waals surface area contributed by atoms with Gasteiger partial charge in [-0.15, -0.1) is 5.10 Å². The van der Waals surface area contributed by atoms with Crippen LogP contribution in [-0.4, -0.2) is 30.2 Å². The molecule has 0 atom stereocenters. The fourth-order valence-electron chi connectivity index (χ4n) is 0.814. The summed E-state index contributed by atoms with van der Waals surface area (Å²) in [5.74, 6) is 0.830. The van der Waals surface area contributed by atoms with Crippen LogP contribution in [0.25, 0.3) is 11.5 Å². The number of aryl methyl sites for hydroxylation is 1. The van der Waals surface area contributed by atoms with Crippen molar-refractivity contribution in [2.24, 2.45) is 7.05 Å². The lowest BCUT2D eigenvalue weighted by Gasteiger charge is -1.85. The van der Waals surface area contributed by atoms with Crippen molar-refractivity contribution in [3.05, 3.63) is 6.20 Å². The van der Waals surface area contributed by atoms with Gasteiger partial charge < -0.3 is 5.73 Å². The Bertz CT molecular complexity index is 353. The third kappa shape index (κ3) is 0.911. The first kappa shape index (κ1) is 6.77. The molecule has 3 N–H and O–H groups in total. The Kier molecular flexibility index (Phi) is 1.29. The van der Waals surface area contributed by atoms with E-state index >= 15 is 0 Å². The fourth-order valence-corrected chi connectivity index (χ4v) is 0.814. The van der Waals surface area contributed by atoms with Gasteiger partial charge in [0.05, 0.1) is 6.20 Å². The van der Waals surface area contributed by atoms with E-state index in [4.69, 9.17) is 5.73 Å². The van der Waals surface area contributed by atoms with Crippen LogP contribution in [0.5, 0.6) is 0 Å². The van der Waals surface area contributed by atoms with Crippen molar-refractivity contribution >= 4 is 5.95 Å². The average molecular weight is 165 g/mol. The lowest BCUT2D eigenvalue weighted by Crippen LogP contribution is -1.97. The zero-order valence-corrected chi connectivity index (χ0v) is 6.39. The molecule has 0 saturated heterocycles. The topological polar surface area (TPSA) is 98.3 Å². The normalized spacial score (nSPS) is 10.4. The van der Waals surface area contributed by atoms with E-state index in [-0.39, 0.29) is 0 Å². The Morgan fingerprint density at radius 1 is 1.58 bits per heavy atom. The number of nitrogens with zero attached hydrogens (tertiary/aromatic N) is 5. The van der Waals surface area contributed by atoms with Crippen LogP contribution in [0.3, 0.4) is 0 Å². The minimum atomic E-state index is 0.355. The number of nitrogen functional groups attached to an aromatic ring is 1. The monoisotopic (exact) mass is 165 g/mol. The molecule has 2 aromatic heterocycles. The summed E-state index contributed by atoms with van der Waals surface area (Å²) >= 11 is 0. The summed E-state index contributed by atoms with van der Waals surface area (Å²) in [7, 11) is 1.71. The maximum absolute atomic E-state index is 5.48. The second kappa shape index (κ2) is 2.29. The summed E-state index contributed by atoms with van der Waals surface area (Å²) < 4.78 is 1.48. The van der Waals surface area contributed by atoms with E-state index in [1.807, 2.05) is 0 Å². The Morgan fingerprint density at radius 3 is 2.92 bits per heavy atom. The highest BCUT2D eigenvalue weighted by Gasteiger charge is 2.07. The zero-order valence-electron chi connectivity index (χ0n) is 6.39. The molecule has 0 fully saturated rings. The second-order valence-electron chi connectivity index (χ2n) is 2.27. The largest absolute Gasteiger partial charge is 0.368 e. The molecule has 0 bridgehead atoms. The number of hydrogen-bond acceptors (Lipinski definition) is 5. The van der Waals surface area contributed by atoms with Gasteiger partial charge in [0.2, 0.25) is 11.8 Å². The molecule has 0 aliphatic carbocycles. The predicted molar refractivity (Wildman–Crippen MR) is 40.8 cm³/mol. The lowest BCUT2D eigenvalue weighted by atomic mass is 10.5. The number of rotatable bonds is 1. The average Bonchev–Trinajstić information content (AvgIpc) is 2.61. The first-order chi connectivity index (χ1) is 5.77. The van der Waals surface area contributed by atoms with E-state index in [1.165, 1.54) is 10.9 Å². The van der Waals surface area contributed by atoms with Gasteiger partial charge in [-0.05, 0) is 0 Å². The number of aromatic nitrogens is 6. The minimum Gasteiger partial charge on any atom is -0.368 e. The van der Waals surface area contributed by atoms with Crippen molar-refractivity contribution in [2.75, 3.05) is 5.73 Å². The Balaban J connectivity index is 2.48. The van der Waals surface area contributed by atoms with Crippen molar-refractivity contribution < 1.29 is 0 Å². The van der Waals surface area contributed by atoms with Crippen LogP contribution in [0.2, 0.25) is 0 Å². The van der Waals surface area contributed by atoms with Crippen molar-refractivity contribution in [3.8, 4) is 11.5 Å². The van der Waals surface area contributed by atoms with Gasteiger partial charge in [0.1, 0.15) is 0 Å². The molecule has 12 heavy (non-hydrogen) atoms. The van der Waals surface area contributed by atoms with Gasteiger partial charge in [0, 0.05) is 7.05 Å². The molecule has 0 unspecified atom stereocenters.